The van der Waals surface area contributed by atoms with Crippen LogP contribution in [0.1, 0.15) is 69.3 Å². The number of carbonyl (C=O) groups excluding carboxylic acids is 4. The van der Waals surface area contributed by atoms with Crippen LogP contribution in [0.15, 0.2) is 36.4 Å². The summed E-state index contributed by atoms with van der Waals surface area (Å²) in [6, 6.07) is 11.5. The molecule has 12 heteroatoms. The van der Waals surface area contributed by atoms with Crippen LogP contribution in [0, 0.1) is 18.8 Å². The fourth-order valence-corrected chi connectivity index (χ4v) is 7.56. The largest absolute Gasteiger partial charge is 0.366 e. The zero-order valence-corrected chi connectivity index (χ0v) is 29.3. The van der Waals surface area contributed by atoms with E-state index in [9.17, 15) is 19.2 Å². The highest BCUT2D eigenvalue weighted by atomic mass is 28.3. The summed E-state index contributed by atoms with van der Waals surface area (Å²) < 4.78 is 7.78. The van der Waals surface area contributed by atoms with Crippen molar-refractivity contribution in [1.82, 2.24) is 24.5 Å². The fraction of sp³-hybridized carbons (Fsp3) is 0.472. The van der Waals surface area contributed by atoms with Crippen LogP contribution < -0.4 is 5.73 Å². The number of amides is 4. The van der Waals surface area contributed by atoms with Crippen LogP contribution in [-0.2, 0) is 20.9 Å². The first-order chi connectivity index (χ1) is 22.9. The molecule has 0 spiro atoms. The Balaban J connectivity index is 1.07. The van der Waals surface area contributed by atoms with Crippen LogP contribution in [0.4, 0.5) is 0 Å². The number of primary amides is 1. The van der Waals surface area contributed by atoms with Gasteiger partial charge < -0.3 is 15.4 Å². The lowest BCUT2D eigenvalue weighted by atomic mass is 10.0. The minimum Gasteiger partial charge on any atom is -0.366 e. The molecule has 11 nitrogen and oxygen atoms in total. The number of hydrogen-bond donors (Lipinski definition) is 1. The van der Waals surface area contributed by atoms with Crippen molar-refractivity contribution in [3.8, 4) is 11.8 Å². The summed E-state index contributed by atoms with van der Waals surface area (Å²) in [4.78, 5) is 56.4. The van der Waals surface area contributed by atoms with Crippen molar-refractivity contribution in [3.05, 3.63) is 64.3 Å². The number of piperidine rings is 2. The highest BCUT2D eigenvalue weighted by molar-refractivity contribution is 6.76. The van der Waals surface area contributed by atoms with E-state index >= 15 is 0 Å². The number of imide groups is 1. The lowest BCUT2D eigenvalue weighted by Gasteiger charge is -2.35. The average Bonchev–Trinajstić information content (AvgIpc) is 3.57. The normalized spacial score (nSPS) is 19.2. The molecular weight excluding hydrogens is 625 g/mol. The Kier molecular flexibility index (Phi) is 9.56. The number of ether oxygens (including phenoxy) is 1. The number of nitrogens with zero attached hydrogens (tertiary/aromatic N) is 5. The molecule has 1 unspecified atom stereocenters. The molecule has 2 saturated heterocycles. The van der Waals surface area contributed by atoms with E-state index in [4.69, 9.17) is 15.6 Å². The lowest BCUT2D eigenvalue weighted by Crippen LogP contribution is -2.55. The Hall–Kier alpha value is -4.31. The second kappa shape index (κ2) is 13.7. The van der Waals surface area contributed by atoms with Crippen LogP contribution in [-0.4, -0.2) is 95.2 Å². The number of rotatable bonds is 9. The molecule has 3 aromatic rings. The minimum atomic E-state index is -1.31. The van der Waals surface area contributed by atoms with Crippen molar-refractivity contribution in [2.24, 2.45) is 5.73 Å². The minimum absolute atomic E-state index is 0.0734. The predicted molar refractivity (Wildman–Crippen MR) is 185 cm³/mol. The molecule has 4 heterocycles. The average molecular weight is 669 g/mol. The van der Waals surface area contributed by atoms with Gasteiger partial charge in [-0.3, -0.25) is 33.7 Å². The predicted octanol–water partition coefficient (Wildman–Crippen LogP) is 3.92. The van der Waals surface area contributed by atoms with Gasteiger partial charge in [-0.2, -0.15) is 5.10 Å². The molecular formula is C36H44N6O5Si. The molecule has 3 aliphatic rings. The molecule has 0 bridgehead atoms. The van der Waals surface area contributed by atoms with E-state index in [1.165, 1.54) is 4.90 Å². The van der Waals surface area contributed by atoms with E-state index in [-0.39, 0.29) is 43.5 Å². The standard InChI is InChI=1S/C36H44N6O5Si/c1-24-28-11-10-26(34(37)44)21-32(28)42(38-24)27-14-17-39(18-15-27)16-6-8-25-7-5-9-29-30(25)22-40(35(29)45)31-12-13-33(43)41(36(31)46)23-47-19-20-48(2,3)4/h5,7,9-11,21,27,31H,12-20,22-23H2,1-4H3,(H2,37,44). The third-order valence-electron chi connectivity index (χ3n) is 9.68. The number of aromatic nitrogens is 2. The number of aryl methyl sites for hydroxylation is 1. The van der Waals surface area contributed by atoms with Crippen molar-refractivity contribution in [2.45, 2.75) is 76.9 Å². The number of benzene rings is 2. The Labute approximate surface area is 282 Å². The number of hydrogen-bond acceptors (Lipinski definition) is 7. The van der Waals surface area contributed by atoms with Gasteiger partial charge in [0, 0.05) is 62.8 Å². The van der Waals surface area contributed by atoms with E-state index in [2.05, 4.69) is 36.4 Å². The summed E-state index contributed by atoms with van der Waals surface area (Å²) >= 11 is 0. The van der Waals surface area contributed by atoms with Gasteiger partial charge in [-0.15, -0.1) is 0 Å². The molecule has 0 radical (unpaired) electrons. The monoisotopic (exact) mass is 668 g/mol. The summed E-state index contributed by atoms with van der Waals surface area (Å²) in [5, 5.41) is 5.83. The SMILES string of the molecule is Cc1nn(C2CCN(CC#Cc3cccc4c3CN(C3CCC(=O)N(COCC[Si](C)(C)C)C3=O)C4=O)CC2)c2cc(C(N)=O)ccc12. The Morgan fingerprint density at radius 1 is 1.08 bits per heavy atom. The van der Waals surface area contributed by atoms with Crippen molar-refractivity contribution >= 4 is 42.6 Å². The molecule has 6 rings (SSSR count). The first-order valence-corrected chi connectivity index (χ1v) is 20.5. The van der Waals surface area contributed by atoms with Crippen LogP contribution in [0.5, 0.6) is 0 Å². The number of fused-ring (bicyclic) bond motifs is 2. The van der Waals surface area contributed by atoms with Crippen LogP contribution >= 0.6 is 0 Å². The zero-order valence-electron chi connectivity index (χ0n) is 28.3. The Morgan fingerprint density at radius 3 is 2.58 bits per heavy atom. The molecule has 2 fully saturated rings. The fourth-order valence-electron chi connectivity index (χ4n) is 6.80. The van der Waals surface area contributed by atoms with E-state index < -0.39 is 20.0 Å². The summed E-state index contributed by atoms with van der Waals surface area (Å²) in [7, 11) is -1.31. The molecule has 2 N–H and O–H groups in total. The van der Waals surface area contributed by atoms with Crippen molar-refractivity contribution < 1.29 is 23.9 Å². The molecule has 0 aliphatic carbocycles. The number of nitrogens with two attached hydrogens (primary N) is 1. The maximum Gasteiger partial charge on any atom is 0.255 e. The van der Waals surface area contributed by atoms with Gasteiger partial charge in [-0.05, 0) is 62.1 Å². The molecule has 252 valence electrons. The summed E-state index contributed by atoms with van der Waals surface area (Å²) in [5.74, 6) is 5.34. The third-order valence-corrected chi connectivity index (χ3v) is 11.4. The number of likely N-dealkylation sites (tertiary alicyclic amines) is 2. The molecule has 48 heavy (non-hydrogen) atoms. The van der Waals surface area contributed by atoms with Gasteiger partial charge >= 0.3 is 0 Å². The van der Waals surface area contributed by atoms with Crippen molar-refractivity contribution in [1.29, 1.82) is 0 Å². The topological polar surface area (TPSA) is 131 Å². The van der Waals surface area contributed by atoms with Gasteiger partial charge in [0.25, 0.3) is 11.8 Å². The van der Waals surface area contributed by atoms with Gasteiger partial charge in [0.05, 0.1) is 23.8 Å². The number of carbonyl (C=O) groups is 4. The summed E-state index contributed by atoms with van der Waals surface area (Å²) in [6.45, 7) is 11.7. The Bertz CT molecular complexity index is 1830. The molecule has 4 amide bonds. The van der Waals surface area contributed by atoms with Crippen LogP contribution in [0.2, 0.25) is 25.7 Å². The smallest absolute Gasteiger partial charge is 0.255 e. The highest BCUT2D eigenvalue weighted by Crippen LogP contribution is 2.32. The van der Waals surface area contributed by atoms with E-state index in [1.54, 1.807) is 17.0 Å². The van der Waals surface area contributed by atoms with E-state index in [0.717, 1.165) is 59.7 Å². The molecule has 0 saturated carbocycles. The van der Waals surface area contributed by atoms with Crippen molar-refractivity contribution in [2.75, 3.05) is 33.0 Å². The molecule has 1 atom stereocenters. The quantitative estimate of drug-likeness (QED) is 0.158. The van der Waals surface area contributed by atoms with E-state index in [1.807, 2.05) is 35.9 Å². The maximum absolute atomic E-state index is 13.5. The van der Waals surface area contributed by atoms with Crippen LogP contribution in [0.25, 0.3) is 10.9 Å². The molecule has 3 aliphatic heterocycles. The van der Waals surface area contributed by atoms with Gasteiger partial charge in [0.15, 0.2) is 0 Å². The third kappa shape index (κ3) is 6.94. The van der Waals surface area contributed by atoms with Gasteiger partial charge in [-0.25, -0.2) is 0 Å². The van der Waals surface area contributed by atoms with Crippen molar-refractivity contribution in [3.63, 3.8) is 0 Å². The first-order valence-electron chi connectivity index (χ1n) is 16.8. The summed E-state index contributed by atoms with van der Waals surface area (Å²) in [6.07, 6.45) is 2.31. The Morgan fingerprint density at radius 2 is 1.85 bits per heavy atom. The van der Waals surface area contributed by atoms with Gasteiger partial charge in [0.1, 0.15) is 12.8 Å². The zero-order chi connectivity index (χ0) is 34.2. The molecule has 1 aromatic heterocycles. The second-order valence-electron chi connectivity index (χ2n) is 14.3. The van der Waals surface area contributed by atoms with E-state index in [0.29, 0.717) is 30.7 Å². The van der Waals surface area contributed by atoms with Crippen LogP contribution in [0.3, 0.4) is 0 Å². The summed E-state index contributed by atoms with van der Waals surface area (Å²) in [5.41, 5.74) is 10.1. The first kappa shape index (κ1) is 33.6. The van der Waals surface area contributed by atoms with Gasteiger partial charge in [0.2, 0.25) is 11.8 Å². The lowest BCUT2D eigenvalue weighted by molar-refractivity contribution is -0.158. The highest BCUT2D eigenvalue weighted by Gasteiger charge is 2.43. The second-order valence-corrected chi connectivity index (χ2v) is 19.9. The van der Waals surface area contributed by atoms with Gasteiger partial charge in [-0.1, -0.05) is 43.6 Å². The molecule has 2 aromatic carbocycles. The maximum atomic E-state index is 13.5.